The summed E-state index contributed by atoms with van der Waals surface area (Å²) in [5, 5.41) is 5.26. The molecule has 0 aliphatic carbocycles. The van der Waals surface area contributed by atoms with Crippen molar-refractivity contribution in [1.82, 2.24) is 9.78 Å². The first-order valence-electron chi connectivity index (χ1n) is 5.40. The Morgan fingerprint density at radius 1 is 1.53 bits per heavy atom. The van der Waals surface area contributed by atoms with Crippen LogP contribution in [-0.2, 0) is 19.9 Å². The van der Waals surface area contributed by atoms with E-state index in [4.69, 9.17) is 11.6 Å². The molecule has 4 heteroatoms. The van der Waals surface area contributed by atoms with E-state index in [1.54, 1.807) is 0 Å². The molecule has 1 rings (SSSR count). The van der Waals surface area contributed by atoms with Gasteiger partial charge in [0.1, 0.15) is 0 Å². The maximum Gasteiger partial charge on any atom is 0.0849 e. The lowest BCUT2D eigenvalue weighted by molar-refractivity contribution is 0.656. The minimum absolute atomic E-state index is 0.579. The Bertz CT molecular complexity index is 321. The highest BCUT2D eigenvalue weighted by molar-refractivity contribution is 9.09. The van der Waals surface area contributed by atoms with Gasteiger partial charge in [-0.05, 0) is 25.7 Å². The van der Waals surface area contributed by atoms with E-state index in [0.717, 1.165) is 30.0 Å². The second-order valence-electron chi connectivity index (χ2n) is 3.86. The molecule has 0 fully saturated rings. The molecule has 1 unspecified atom stereocenters. The molecule has 0 bridgehead atoms. The Morgan fingerprint density at radius 3 is 2.67 bits per heavy atom. The third-order valence-electron chi connectivity index (χ3n) is 2.52. The molecule has 86 valence electrons. The van der Waals surface area contributed by atoms with Crippen molar-refractivity contribution >= 4 is 27.5 Å². The summed E-state index contributed by atoms with van der Waals surface area (Å²) in [7, 11) is 1.97. The Kier molecular flexibility index (Phi) is 5.13. The number of nitrogens with zero attached hydrogens (tertiary/aromatic N) is 2. The van der Waals surface area contributed by atoms with Crippen LogP contribution in [0.4, 0.5) is 0 Å². The quantitative estimate of drug-likeness (QED) is 0.756. The number of alkyl halides is 1. The van der Waals surface area contributed by atoms with Crippen LogP contribution < -0.4 is 0 Å². The molecular formula is C11H18BrClN2. The predicted molar refractivity (Wildman–Crippen MR) is 68.9 cm³/mol. The monoisotopic (exact) mass is 292 g/mol. The van der Waals surface area contributed by atoms with E-state index in [0.29, 0.717) is 4.83 Å². The molecule has 1 aromatic rings. The van der Waals surface area contributed by atoms with Crippen LogP contribution in [0.5, 0.6) is 0 Å². The van der Waals surface area contributed by atoms with E-state index in [9.17, 15) is 0 Å². The molecule has 0 aromatic carbocycles. The first-order valence-corrected chi connectivity index (χ1v) is 6.70. The van der Waals surface area contributed by atoms with Crippen molar-refractivity contribution in [1.29, 1.82) is 0 Å². The summed E-state index contributed by atoms with van der Waals surface area (Å²) < 4.78 is 1.92. The second-order valence-corrected chi connectivity index (χ2v) is 5.80. The molecule has 15 heavy (non-hydrogen) atoms. The first-order chi connectivity index (χ1) is 7.06. The number of hydrogen-bond acceptors (Lipinski definition) is 1. The molecule has 1 heterocycles. The van der Waals surface area contributed by atoms with Crippen LogP contribution in [0.1, 0.15) is 38.1 Å². The zero-order chi connectivity index (χ0) is 11.4. The van der Waals surface area contributed by atoms with Crippen molar-refractivity contribution in [2.24, 2.45) is 7.05 Å². The van der Waals surface area contributed by atoms with E-state index in [1.165, 1.54) is 12.1 Å². The summed E-state index contributed by atoms with van der Waals surface area (Å²) >= 11 is 9.80. The van der Waals surface area contributed by atoms with Crippen molar-refractivity contribution < 1.29 is 0 Å². The van der Waals surface area contributed by atoms with E-state index in [-0.39, 0.29) is 0 Å². The number of aromatic nitrogens is 2. The topological polar surface area (TPSA) is 17.8 Å². The van der Waals surface area contributed by atoms with Gasteiger partial charge < -0.3 is 0 Å². The summed E-state index contributed by atoms with van der Waals surface area (Å²) in [5.74, 6) is 0. The van der Waals surface area contributed by atoms with Gasteiger partial charge in [-0.2, -0.15) is 5.10 Å². The van der Waals surface area contributed by atoms with Gasteiger partial charge in [-0.25, -0.2) is 0 Å². The van der Waals surface area contributed by atoms with Crippen LogP contribution in [0.2, 0.25) is 5.02 Å². The van der Waals surface area contributed by atoms with E-state index < -0.39 is 0 Å². The van der Waals surface area contributed by atoms with Gasteiger partial charge >= 0.3 is 0 Å². The van der Waals surface area contributed by atoms with Gasteiger partial charge in [-0.1, -0.05) is 41.4 Å². The first kappa shape index (κ1) is 13.0. The average Bonchev–Trinajstić information content (AvgIpc) is 2.44. The second kappa shape index (κ2) is 5.90. The van der Waals surface area contributed by atoms with Crippen LogP contribution in [0.25, 0.3) is 0 Å². The fourth-order valence-electron chi connectivity index (χ4n) is 1.64. The van der Waals surface area contributed by atoms with Gasteiger partial charge in [0.25, 0.3) is 0 Å². The fourth-order valence-corrected chi connectivity index (χ4v) is 2.35. The Balaban J connectivity index is 2.64. The Morgan fingerprint density at radius 2 is 2.20 bits per heavy atom. The van der Waals surface area contributed by atoms with Crippen LogP contribution in [0, 0.1) is 0 Å². The molecule has 1 aromatic heterocycles. The Labute approximate surface area is 105 Å². The maximum atomic E-state index is 6.25. The van der Waals surface area contributed by atoms with Crippen molar-refractivity contribution in [3.05, 3.63) is 16.4 Å². The van der Waals surface area contributed by atoms with Crippen LogP contribution in [0.15, 0.2) is 0 Å². The third-order valence-corrected chi connectivity index (χ3v) is 3.41. The lowest BCUT2D eigenvalue weighted by Crippen LogP contribution is -2.00. The highest BCUT2D eigenvalue weighted by Gasteiger charge is 2.12. The van der Waals surface area contributed by atoms with Gasteiger partial charge in [0.15, 0.2) is 0 Å². The molecule has 0 saturated heterocycles. The molecular weight excluding hydrogens is 275 g/mol. The maximum absolute atomic E-state index is 6.25. The minimum Gasteiger partial charge on any atom is -0.271 e. The van der Waals surface area contributed by atoms with Crippen molar-refractivity contribution in [3.8, 4) is 0 Å². The van der Waals surface area contributed by atoms with Gasteiger partial charge in [-0.3, -0.25) is 4.68 Å². The third kappa shape index (κ3) is 3.49. The predicted octanol–water partition coefficient (Wildman–Crippen LogP) is 3.74. The molecule has 0 aliphatic rings. The largest absolute Gasteiger partial charge is 0.271 e. The van der Waals surface area contributed by atoms with Gasteiger partial charge in [0, 0.05) is 11.9 Å². The highest BCUT2D eigenvalue weighted by atomic mass is 79.9. The van der Waals surface area contributed by atoms with Crippen molar-refractivity contribution in [2.45, 2.75) is 44.4 Å². The van der Waals surface area contributed by atoms with Crippen molar-refractivity contribution in [3.63, 3.8) is 0 Å². The summed E-state index contributed by atoms with van der Waals surface area (Å²) in [6, 6.07) is 0. The molecule has 0 radical (unpaired) electrons. The minimum atomic E-state index is 0.579. The summed E-state index contributed by atoms with van der Waals surface area (Å²) in [4.78, 5) is 0.579. The smallest absolute Gasteiger partial charge is 0.0849 e. The molecule has 2 nitrogen and oxygen atoms in total. The SMILES string of the molecule is CCc1nn(C)c(CCCC(C)Br)c1Cl. The summed E-state index contributed by atoms with van der Waals surface area (Å²) in [5.41, 5.74) is 2.18. The molecule has 0 amide bonds. The van der Waals surface area contributed by atoms with Crippen LogP contribution in [0.3, 0.4) is 0 Å². The van der Waals surface area contributed by atoms with E-state index in [2.05, 4.69) is 34.9 Å². The summed E-state index contributed by atoms with van der Waals surface area (Å²) in [6.45, 7) is 4.25. The zero-order valence-electron chi connectivity index (χ0n) is 9.56. The average molecular weight is 294 g/mol. The fraction of sp³-hybridized carbons (Fsp3) is 0.727. The number of rotatable bonds is 5. The van der Waals surface area contributed by atoms with Crippen molar-refractivity contribution in [2.75, 3.05) is 0 Å². The lowest BCUT2D eigenvalue weighted by Gasteiger charge is -2.04. The molecule has 0 N–H and O–H groups in total. The number of aryl methyl sites for hydroxylation is 2. The number of hydrogen-bond donors (Lipinski definition) is 0. The summed E-state index contributed by atoms with van der Waals surface area (Å²) in [6.07, 6.45) is 4.23. The lowest BCUT2D eigenvalue weighted by atomic mass is 10.1. The zero-order valence-corrected chi connectivity index (χ0v) is 11.9. The van der Waals surface area contributed by atoms with E-state index >= 15 is 0 Å². The normalized spacial score (nSPS) is 13.1. The van der Waals surface area contributed by atoms with Crippen LogP contribution >= 0.6 is 27.5 Å². The Hall–Kier alpha value is -0.0200. The standard InChI is InChI=1S/C11H18BrClN2/c1-4-9-11(13)10(15(3)14-9)7-5-6-8(2)12/h8H,4-7H2,1-3H3. The van der Waals surface area contributed by atoms with E-state index in [1.807, 2.05) is 11.7 Å². The van der Waals surface area contributed by atoms with Gasteiger partial charge in [0.05, 0.1) is 16.4 Å². The van der Waals surface area contributed by atoms with Crippen LogP contribution in [-0.4, -0.2) is 14.6 Å². The molecule has 0 saturated carbocycles. The number of halogens is 2. The molecule has 1 atom stereocenters. The van der Waals surface area contributed by atoms with Gasteiger partial charge in [-0.15, -0.1) is 0 Å². The highest BCUT2D eigenvalue weighted by Crippen LogP contribution is 2.23. The van der Waals surface area contributed by atoms with Gasteiger partial charge in [0.2, 0.25) is 0 Å². The molecule has 0 spiro atoms. The molecule has 0 aliphatic heterocycles.